The van der Waals surface area contributed by atoms with Crippen molar-refractivity contribution in [3.8, 4) is 11.1 Å². The lowest BCUT2D eigenvalue weighted by Crippen LogP contribution is -2.45. The van der Waals surface area contributed by atoms with Gasteiger partial charge in [0.1, 0.15) is 0 Å². The molecule has 0 aliphatic carbocycles. The normalized spacial score (nSPS) is 18.1. The second kappa shape index (κ2) is 8.53. The molecule has 0 atom stereocenters. The zero-order valence-corrected chi connectivity index (χ0v) is 18.9. The van der Waals surface area contributed by atoms with Crippen molar-refractivity contribution in [2.24, 2.45) is 0 Å². The van der Waals surface area contributed by atoms with E-state index in [0.29, 0.717) is 19.1 Å². The maximum Gasteiger partial charge on any atom is 0.211 e. The van der Waals surface area contributed by atoms with Gasteiger partial charge in [-0.15, -0.1) is 0 Å². The highest BCUT2D eigenvalue weighted by molar-refractivity contribution is 7.88. The van der Waals surface area contributed by atoms with Gasteiger partial charge >= 0.3 is 0 Å². The van der Waals surface area contributed by atoms with Crippen LogP contribution in [0.25, 0.3) is 17.2 Å². The van der Waals surface area contributed by atoms with Crippen LogP contribution < -0.4 is 0 Å². The third-order valence-electron chi connectivity index (χ3n) is 6.06. The fourth-order valence-corrected chi connectivity index (χ4v) is 5.34. The van der Waals surface area contributed by atoms with E-state index >= 15 is 0 Å². The van der Waals surface area contributed by atoms with Crippen molar-refractivity contribution >= 4 is 16.1 Å². The second-order valence-electron chi connectivity index (χ2n) is 8.73. The van der Waals surface area contributed by atoms with Crippen LogP contribution in [-0.2, 0) is 23.1 Å². The third-order valence-corrected chi connectivity index (χ3v) is 7.37. The van der Waals surface area contributed by atoms with Crippen LogP contribution in [0.1, 0.15) is 29.5 Å². The van der Waals surface area contributed by atoms with Crippen LogP contribution in [0.4, 0.5) is 0 Å². The van der Waals surface area contributed by atoms with Gasteiger partial charge in [-0.3, -0.25) is 0 Å². The molecule has 2 heterocycles. The summed E-state index contributed by atoms with van der Waals surface area (Å²) in [6.07, 6.45) is 7.45. The summed E-state index contributed by atoms with van der Waals surface area (Å²) < 4.78 is 25.1. The van der Waals surface area contributed by atoms with E-state index in [1.165, 1.54) is 34.1 Å². The first kappa shape index (κ1) is 21.1. The average molecular weight is 426 g/mol. The standard InChI is InChI=1S/C24H31N3O2S/c1-25(2)17-19-5-4-6-20(15-19)21-7-8-23-18-26(12-9-22(23)16-21)24-10-13-27(14-11-24)30(3,28)29/h4-9,12,15-16,24H,10-11,13-14,17-18H2,1-3H3. The van der Waals surface area contributed by atoms with E-state index in [1.54, 1.807) is 4.31 Å². The maximum absolute atomic E-state index is 11.8. The van der Waals surface area contributed by atoms with Crippen LogP contribution in [-0.4, -0.2) is 62.0 Å². The highest BCUT2D eigenvalue weighted by Gasteiger charge is 2.28. The van der Waals surface area contributed by atoms with Crippen LogP contribution in [0.3, 0.4) is 0 Å². The topological polar surface area (TPSA) is 43.9 Å². The molecule has 0 amide bonds. The summed E-state index contributed by atoms with van der Waals surface area (Å²) in [6, 6.07) is 15.9. The molecule has 160 valence electrons. The fraction of sp³-hybridized carbons (Fsp3) is 0.417. The number of rotatable bonds is 5. The van der Waals surface area contributed by atoms with Gasteiger partial charge in [-0.05, 0) is 73.0 Å². The smallest absolute Gasteiger partial charge is 0.211 e. The minimum atomic E-state index is -3.08. The highest BCUT2D eigenvalue weighted by Crippen LogP contribution is 2.30. The Kier molecular flexibility index (Phi) is 6.00. The van der Waals surface area contributed by atoms with Crippen LogP contribution in [0, 0.1) is 0 Å². The van der Waals surface area contributed by atoms with Crippen molar-refractivity contribution in [3.63, 3.8) is 0 Å². The number of sulfonamides is 1. The number of piperidine rings is 1. The Bertz CT molecular complexity index is 1040. The van der Waals surface area contributed by atoms with E-state index in [0.717, 1.165) is 25.9 Å². The molecule has 4 rings (SSSR count). The van der Waals surface area contributed by atoms with Gasteiger partial charge in [0.2, 0.25) is 10.0 Å². The van der Waals surface area contributed by atoms with Crippen molar-refractivity contribution in [1.29, 1.82) is 0 Å². The van der Waals surface area contributed by atoms with Crippen LogP contribution in [0.5, 0.6) is 0 Å². The molecular weight excluding hydrogens is 394 g/mol. The van der Waals surface area contributed by atoms with Gasteiger partial charge in [0.05, 0.1) is 6.26 Å². The lowest BCUT2D eigenvalue weighted by Gasteiger charge is -2.38. The predicted octanol–water partition coefficient (Wildman–Crippen LogP) is 3.63. The van der Waals surface area contributed by atoms with E-state index in [1.807, 2.05) is 0 Å². The summed E-state index contributed by atoms with van der Waals surface area (Å²) in [4.78, 5) is 4.56. The van der Waals surface area contributed by atoms with E-state index < -0.39 is 10.0 Å². The molecule has 5 nitrogen and oxygen atoms in total. The van der Waals surface area contributed by atoms with Gasteiger partial charge in [0, 0.05) is 38.4 Å². The zero-order valence-electron chi connectivity index (χ0n) is 18.1. The predicted molar refractivity (Wildman–Crippen MR) is 123 cm³/mol. The molecule has 2 aliphatic heterocycles. The molecule has 1 saturated heterocycles. The third kappa shape index (κ3) is 4.77. The molecule has 0 bridgehead atoms. The van der Waals surface area contributed by atoms with Crippen molar-refractivity contribution in [3.05, 3.63) is 65.4 Å². The van der Waals surface area contributed by atoms with Gasteiger partial charge in [0.15, 0.2) is 0 Å². The summed E-state index contributed by atoms with van der Waals surface area (Å²) >= 11 is 0. The molecule has 0 saturated carbocycles. The summed E-state index contributed by atoms with van der Waals surface area (Å²) in [5.41, 5.74) is 6.42. The highest BCUT2D eigenvalue weighted by atomic mass is 32.2. The SMILES string of the molecule is CN(C)Cc1cccc(-c2ccc3c(c2)C=CN(C2CCN(S(C)(=O)=O)CC2)C3)c1. The first-order valence-corrected chi connectivity index (χ1v) is 12.4. The Morgan fingerprint density at radius 2 is 1.77 bits per heavy atom. The summed E-state index contributed by atoms with van der Waals surface area (Å²) in [5, 5.41) is 0. The maximum atomic E-state index is 11.8. The van der Waals surface area contributed by atoms with Crippen molar-refractivity contribution < 1.29 is 8.42 Å². The molecule has 2 aliphatic rings. The number of benzene rings is 2. The Morgan fingerprint density at radius 1 is 1.03 bits per heavy atom. The van der Waals surface area contributed by atoms with Gasteiger partial charge < -0.3 is 9.80 Å². The minimum Gasteiger partial charge on any atom is -0.370 e. The molecule has 6 heteroatoms. The zero-order chi connectivity index (χ0) is 21.3. The number of hydrogen-bond acceptors (Lipinski definition) is 4. The molecule has 30 heavy (non-hydrogen) atoms. The van der Waals surface area contributed by atoms with Crippen LogP contribution in [0.15, 0.2) is 48.7 Å². The molecule has 1 fully saturated rings. The van der Waals surface area contributed by atoms with Gasteiger partial charge in [-0.2, -0.15) is 0 Å². The monoisotopic (exact) mass is 425 g/mol. The first-order valence-electron chi connectivity index (χ1n) is 10.6. The molecule has 0 radical (unpaired) electrons. The lowest BCUT2D eigenvalue weighted by molar-refractivity contribution is 0.183. The largest absolute Gasteiger partial charge is 0.370 e. The summed E-state index contributed by atoms with van der Waals surface area (Å²) in [6.45, 7) is 3.05. The second-order valence-corrected chi connectivity index (χ2v) is 10.7. The van der Waals surface area contributed by atoms with Gasteiger partial charge in [-0.1, -0.05) is 30.3 Å². The molecule has 2 aromatic carbocycles. The van der Waals surface area contributed by atoms with Crippen LogP contribution >= 0.6 is 0 Å². The van der Waals surface area contributed by atoms with E-state index in [-0.39, 0.29) is 0 Å². The summed E-state index contributed by atoms with van der Waals surface area (Å²) in [7, 11) is 1.11. The Hall–Kier alpha value is -2.15. The quantitative estimate of drug-likeness (QED) is 0.734. The molecule has 0 aromatic heterocycles. The van der Waals surface area contributed by atoms with Gasteiger partial charge in [0.25, 0.3) is 0 Å². The number of nitrogens with zero attached hydrogens (tertiary/aromatic N) is 3. The fourth-order valence-electron chi connectivity index (χ4n) is 4.47. The van der Waals surface area contributed by atoms with E-state index in [4.69, 9.17) is 0 Å². The van der Waals surface area contributed by atoms with Crippen molar-refractivity contribution in [2.45, 2.75) is 32.0 Å². The molecule has 2 aromatic rings. The average Bonchev–Trinajstić information content (AvgIpc) is 2.72. The van der Waals surface area contributed by atoms with E-state index in [9.17, 15) is 8.42 Å². The van der Waals surface area contributed by atoms with E-state index in [2.05, 4.69) is 78.6 Å². The Balaban J connectivity index is 1.47. The van der Waals surface area contributed by atoms with Gasteiger partial charge in [-0.25, -0.2) is 12.7 Å². The number of hydrogen-bond donors (Lipinski definition) is 0. The Morgan fingerprint density at radius 3 is 2.47 bits per heavy atom. The Labute approximate surface area is 180 Å². The molecule has 0 spiro atoms. The first-order chi connectivity index (χ1) is 14.3. The molecule has 0 N–H and O–H groups in total. The van der Waals surface area contributed by atoms with Crippen molar-refractivity contribution in [1.82, 2.24) is 14.1 Å². The molecule has 0 unspecified atom stereocenters. The number of fused-ring (bicyclic) bond motifs is 1. The lowest BCUT2D eigenvalue weighted by atomic mass is 9.95. The van der Waals surface area contributed by atoms with Crippen molar-refractivity contribution in [2.75, 3.05) is 33.4 Å². The van der Waals surface area contributed by atoms with Crippen LogP contribution in [0.2, 0.25) is 0 Å². The minimum absolute atomic E-state index is 0.398. The molecular formula is C24H31N3O2S. The summed E-state index contributed by atoms with van der Waals surface area (Å²) in [5.74, 6) is 0.